The zero-order valence-electron chi connectivity index (χ0n) is 12.1. The monoisotopic (exact) mass is 378 g/mol. The summed E-state index contributed by atoms with van der Waals surface area (Å²) in [5.41, 5.74) is 9.33. The maximum atomic E-state index is 11.4. The normalized spacial score (nSPS) is 13.1. The van der Waals surface area contributed by atoms with Gasteiger partial charge in [-0.05, 0) is 42.1 Å². The number of nitrogens with two attached hydrogens (primary N) is 1. The predicted molar refractivity (Wildman–Crippen MR) is 97.6 cm³/mol. The number of rotatable bonds is 2. The first-order chi connectivity index (χ1) is 11.5. The average Bonchev–Trinajstić information content (AvgIpc) is 3.13. The summed E-state index contributed by atoms with van der Waals surface area (Å²) in [4.78, 5) is 8.85. The third-order valence-electron chi connectivity index (χ3n) is 3.73. The van der Waals surface area contributed by atoms with Gasteiger partial charge in [-0.2, -0.15) is 8.42 Å². The van der Waals surface area contributed by atoms with Crippen LogP contribution in [-0.4, -0.2) is 29.8 Å². The van der Waals surface area contributed by atoms with Crippen LogP contribution in [0.5, 0.6) is 0 Å². The molecule has 0 amide bonds. The first-order valence-corrected chi connectivity index (χ1v) is 9.25. The Morgan fingerprint density at radius 3 is 2.88 bits per heavy atom. The van der Waals surface area contributed by atoms with Gasteiger partial charge in [0.25, 0.3) is 0 Å². The van der Waals surface area contributed by atoms with E-state index in [0.29, 0.717) is 21.4 Å². The second-order valence-corrected chi connectivity index (χ2v) is 7.65. The molecule has 4 rings (SSSR count). The van der Waals surface area contributed by atoms with E-state index >= 15 is 0 Å². The predicted octanol–water partition coefficient (Wildman–Crippen LogP) is 2.77. The summed E-state index contributed by atoms with van der Waals surface area (Å²) >= 11 is 7.39. The first-order valence-electron chi connectivity index (χ1n) is 6.98. The Kier molecular flexibility index (Phi) is 3.67. The molecule has 0 spiro atoms. The first kappa shape index (κ1) is 15.4. The number of halogens is 1. The van der Waals surface area contributed by atoms with Crippen LogP contribution in [0.15, 0.2) is 40.4 Å². The molecule has 3 aromatic rings. The van der Waals surface area contributed by atoms with Crippen molar-refractivity contribution < 1.29 is 8.42 Å². The van der Waals surface area contributed by atoms with Gasteiger partial charge in [0.1, 0.15) is 4.86 Å². The summed E-state index contributed by atoms with van der Waals surface area (Å²) < 4.78 is 22.7. The molecule has 0 atom stereocenters. The standard InChI is InChI=1S/C15H11ClN4O2S2/c16-7-1-3-9-10(5-7)20-15(19-9)23-11-4-2-8(17)13-12(24(21)22)6-18-14(11)13/h1-5,18H,6,17H2,(H,19,20). The molecular weight excluding hydrogens is 368 g/mol. The van der Waals surface area contributed by atoms with Crippen molar-refractivity contribution in [1.29, 1.82) is 0 Å². The maximum Gasteiger partial charge on any atom is 0.219 e. The summed E-state index contributed by atoms with van der Waals surface area (Å²) in [5.74, 6) is 0. The summed E-state index contributed by atoms with van der Waals surface area (Å²) in [6, 6.07) is 9.00. The molecule has 1 aromatic heterocycles. The number of nitrogens with one attached hydrogen (secondary N) is 2. The van der Waals surface area contributed by atoms with Crippen molar-refractivity contribution in [2.75, 3.05) is 17.6 Å². The van der Waals surface area contributed by atoms with Gasteiger partial charge in [-0.25, -0.2) is 4.98 Å². The number of aromatic nitrogens is 2. The van der Waals surface area contributed by atoms with Crippen molar-refractivity contribution in [2.24, 2.45) is 0 Å². The van der Waals surface area contributed by atoms with Gasteiger partial charge in [-0.1, -0.05) is 11.6 Å². The van der Waals surface area contributed by atoms with E-state index in [4.69, 9.17) is 17.3 Å². The lowest BCUT2D eigenvalue weighted by Crippen LogP contribution is -2.06. The van der Waals surface area contributed by atoms with Crippen LogP contribution in [0.2, 0.25) is 5.02 Å². The SMILES string of the molecule is Nc1ccc(Sc2nc3ccc(Cl)cc3[nH]2)c2c1C(=S(=O)=O)CN2. The molecule has 24 heavy (non-hydrogen) atoms. The van der Waals surface area contributed by atoms with Crippen LogP contribution in [0.1, 0.15) is 5.56 Å². The smallest absolute Gasteiger partial charge is 0.219 e. The molecule has 2 heterocycles. The summed E-state index contributed by atoms with van der Waals surface area (Å²) in [6.45, 7) is 0.239. The highest BCUT2D eigenvalue weighted by atomic mass is 35.5. The largest absolute Gasteiger partial charge is 0.398 e. The Morgan fingerprint density at radius 1 is 1.25 bits per heavy atom. The minimum Gasteiger partial charge on any atom is -0.398 e. The quantitative estimate of drug-likeness (QED) is 0.468. The van der Waals surface area contributed by atoms with E-state index in [0.717, 1.165) is 21.6 Å². The van der Waals surface area contributed by atoms with E-state index < -0.39 is 10.3 Å². The van der Waals surface area contributed by atoms with Crippen molar-refractivity contribution in [3.05, 3.63) is 40.9 Å². The van der Waals surface area contributed by atoms with Gasteiger partial charge in [-0.3, -0.25) is 0 Å². The Hall–Kier alpha value is -2.16. The van der Waals surface area contributed by atoms with Crippen LogP contribution in [-0.2, 0) is 10.3 Å². The molecule has 9 heteroatoms. The van der Waals surface area contributed by atoms with Gasteiger partial charge >= 0.3 is 0 Å². The zero-order valence-corrected chi connectivity index (χ0v) is 14.5. The number of nitrogens with zero attached hydrogens (tertiary/aromatic N) is 1. The lowest BCUT2D eigenvalue weighted by Gasteiger charge is -2.08. The number of hydrogen-bond acceptors (Lipinski definition) is 6. The van der Waals surface area contributed by atoms with Gasteiger partial charge in [0.15, 0.2) is 5.16 Å². The number of nitrogen functional groups attached to an aromatic ring is 1. The minimum absolute atomic E-state index is 0.239. The second kappa shape index (κ2) is 5.73. The summed E-state index contributed by atoms with van der Waals surface area (Å²) in [6.07, 6.45) is 0. The third-order valence-corrected chi connectivity index (χ3v) is 5.67. The van der Waals surface area contributed by atoms with Gasteiger partial charge in [-0.15, -0.1) is 0 Å². The molecule has 122 valence electrons. The molecule has 0 radical (unpaired) electrons. The molecular formula is C15H11ClN4O2S2. The molecule has 0 bridgehead atoms. The number of H-pyrrole nitrogens is 1. The fraction of sp³-hybridized carbons (Fsp3) is 0.0667. The third kappa shape index (κ3) is 2.52. The van der Waals surface area contributed by atoms with Crippen molar-refractivity contribution in [3.8, 4) is 0 Å². The number of fused-ring (bicyclic) bond motifs is 2. The summed E-state index contributed by atoms with van der Waals surface area (Å²) in [5, 5.41) is 4.44. The van der Waals surface area contributed by atoms with Crippen molar-refractivity contribution >= 4 is 60.9 Å². The van der Waals surface area contributed by atoms with E-state index in [1.807, 2.05) is 18.2 Å². The van der Waals surface area contributed by atoms with Gasteiger partial charge in [0.05, 0.1) is 23.3 Å². The fourth-order valence-electron chi connectivity index (χ4n) is 2.67. The van der Waals surface area contributed by atoms with Crippen LogP contribution in [0.25, 0.3) is 11.0 Å². The number of imidazole rings is 1. The van der Waals surface area contributed by atoms with Gasteiger partial charge < -0.3 is 16.0 Å². The van der Waals surface area contributed by atoms with Gasteiger partial charge in [0.2, 0.25) is 10.3 Å². The van der Waals surface area contributed by atoms with E-state index in [1.54, 1.807) is 12.1 Å². The maximum absolute atomic E-state index is 11.4. The van der Waals surface area contributed by atoms with Crippen LogP contribution in [0.3, 0.4) is 0 Å². The van der Waals surface area contributed by atoms with Crippen LogP contribution < -0.4 is 11.1 Å². The Labute approximate surface area is 148 Å². The topological polar surface area (TPSA) is 101 Å². The van der Waals surface area contributed by atoms with Crippen molar-refractivity contribution in [2.45, 2.75) is 10.1 Å². The molecule has 6 nitrogen and oxygen atoms in total. The van der Waals surface area contributed by atoms with E-state index in [2.05, 4.69) is 15.3 Å². The molecule has 0 saturated heterocycles. The van der Waals surface area contributed by atoms with Crippen LogP contribution in [0.4, 0.5) is 11.4 Å². The second-order valence-electron chi connectivity index (χ2n) is 5.22. The number of benzene rings is 2. The molecule has 2 aromatic carbocycles. The van der Waals surface area contributed by atoms with E-state index in [-0.39, 0.29) is 11.4 Å². The highest BCUT2D eigenvalue weighted by Gasteiger charge is 2.25. The number of anilines is 2. The highest BCUT2D eigenvalue weighted by Crippen LogP contribution is 2.40. The molecule has 0 saturated carbocycles. The Morgan fingerprint density at radius 2 is 2.08 bits per heavy atom. The Balaban J connectivity index is 1.79. The molecule has 0 aliphatic carbocycles. The highest BCUT2D eigenvalue weighted by molar-refractivity contribution is 7.99. The fourth-order valence-corrected chi connectivity index (χ4v) is 4.35. The van der Waals surface area contributed by atoms with E-state index in [9.17, 15) is 8.42 Å². The number of hydrogen-bond donors (Lipinski definition) is 3. The van der Waals surface area contributed by atoms with Crippen LogP contribution >= 0.6 is 23.4 Å². The van der Waals surface area contributed by atoms with Crippen molar-refractivity contribution in [3.63, 3.8) is 0 Å². The van der Waals surface area contributed by atoms with Crippen LogP contribution in [0, 0.1) is 0 Å². The lowest BCUT2D eigenvalue weighted by molar-refractivity contribution is 0.627. The lowest BCUT2D eigenvalue weighted by atomic mass is 10.1. The van der Waals surface area contributed by atoms with Crippen molar-refractivity contribution in [1.82, 2.24) is 9.97 Å². The van der Waals surface area contributed by atoms with Gasteiger partial charge in [0, 0.05) is 21.2 Å². The number of aromatic amines is 1. The molecule has 4 N–H and O–H groups in total. The Bertz CT molecular complexity index is 1110. The molecule has 0 unspecified atom stereocenters. The minimum atomic E-state index is -2.31. The molecule has 0 fully saturated rings. The average molecular weight is 379 g/mol. The molecule has 1 aliphatic heterocycles. The molecule has 1 aliphatic rings. The zero-order chi connectivity index (χ0) is 16.8. The van der Waals surface area contributed by atoms with E-state index in [1.165, 1.54) is 11.8 Å². The summed E-state index contributed by atoms with van der Waals surface area (Å²) in [7, 11) is -2.31.